The number of carbonyl (C=O) groups is 1. The van der Waals surface area contributed by atoms with Gasteiger partial charge >= 0.3 is 5.97 Å². The van der Waals surface area contributed by atoms with Gasteiger partial charge in [0.25, 0.3) is 0 Å². The van der Waals surface area contributed by atoms with Crippen LogP contribution in [0.25, 0.3) is 0 Å². The van der Waals surface area contributed by atoms with E-state index >= 15 is 0 Å². The summed E-state index contributed by atoms with van der Waals surface area (Å²) in [6.45, 7) is 3.02. The van der Waals surface area contributed by atoms with E-state index in [0.29, 0.717) is 22.8 Å². The Hall–Kier alpha value is -1.33. The lowest BCUT2D eigenvalue weighted by atomic mass is 10.1. The van der Waals surface area contributed by atoms with Crippen LogP contribution in [-0.4, -0.2) is 53.7 Å². The molecule has 1 N–H and O–H groups in total. The van der Waals surface area contributed by atoms with Crippen molar-refractivity contribution in [3.05, 3.63) is 22.8 Å². The molecule has 3 rings (SSSR count). The second kappa shape index (κ2) is 4.65. The first-order valence-electron chi connectivity index (χ1n) is 6.40. The molecule has 1 aromatic heterocycles. The molecule has 0 bridgehead atoms. The summed E-state index contributed by atoms with van der Waals surface area (Å²) in [5.41, 5.74) is 0.130. The first-order chi connectivity index (χ1) is 9.06. The van der Waals surface area contributed by atoms with Crippen LogP contribution in [0.1, 0.15) is 16.8 Å². The van der Waals surface area contributed by atoms with Gasteiger partial charge in [0.1, 0.15) is 5.82 Å². The highest BCUT2D eigenvalue weighted by Crippen LogP contribution is 2.35. The van der Waals surface area contributed by atoms with Gasteiger partial charge in [-0.3, -0.25) is 0 Å². The number of hydrogen-bond acceptors (Lipinski definition) is 4. The summed E-state index contributed by atoms with van der Waals surface area (Å²) in [4.78, 5) is 19.6. The van der Waals surface area contributed by atoms with Crippen LogP contribution in [-0.2, 0) is 0 Å². The number of hydrogen-bond donors (Lipinski definition) is 1. The van der Waals surface area contributed by atoms with E-state index in [1.54, 1.807) is 0 Å². The standard InChI is InChI=1S/C13H16ClN3O2/c1-16-3-2-8-6-17(7-11(8)16)12-10(14)4-9(5-15-12)13(18)19/h4-5,8,11H,2-3,6-7H2,1H3,(H,18,19)/t8-,11+/m0/s1. The van der Waals surface area contributed by atoms with E-state index in [9.17, 15) is 4.79 Å². The minimum Gasteiger partial charge on any atom is -0.478 e. The molecule has 2 aliphatic rings. The molecule has 0 aromatic carbocycles. The fourth-order valence-corrected chi connectivity index (χ4v) is 3.41. The lowest BCUT2D eigenvalue weighted by molar-refractivity contribution is 0.0696. The van der Waals surface area contributed by atoms with Gasteiger partial charge in [-0.2, -0.15) is 0 Å². The number of rotatable bonds is 2. The number of halogens is 1. The van der Waals surface area contributed by atoms with Gasteiger partial charge in [0.15, 0.2) is 0 Å². The molecule has 2 aliphatic heterocycles. The highest BCUT2D eigenvalue weighted by atomic mass is 35.5. The highest BCUT2D eigenvalue weighted by Gasteiger charge is 2.40. The number of nitrogens with zero attached hydrogens (tertiary/aromatic N) is 3. The number of likely N-dealkylation sites (N-methyl/N-ethyl adjacent to an activating group) is 1. The number of likely N-dealkylation sites (tertiary alicyclic amines) is 1. The molecule has 0 amide bonds. The largest absolute Gasteiger partial charge is 0.478 e. The third-order valence-corrected chi connectivity index (χ3v) is 4.47. The predicted molar refractivity (Wildman–Crippen MR) is 72.9 cm³/mol. The Morgan fingerprint density at radius 2 is 2.32 bits per heavy atom. The summed E-state index contributed by atoms with van der Waals surface area (Å²) >= 11 is 6.17. The molecular weight excluding hydrogens is 266 g/mol. The molecule has 19 heavy (non-hydrogen) atoms. The second-order valence-electron chi connectivity index (χ2n) is 5.34. The van der Waals surface area contributed by atoms with Crippen molar-refractivity contribution in [3.8, 4) is 0 Å². The third-order valence-electron chi connectivity index (χ3n) is 4.19. The smallest absolute Gasteiger partial charge is 0.337 e. The zero-order valence-corrected chi connectivity index (χ0v) is 11.5. The van der Waals surface area contributed by atoms with E-state index in [1.165, 1.54) is 18.7 Å². The number of aromatic nitrogens is 1. The van der Waals surface area contributed by atoms with Crippen LogP contribution >= 0.6 is 11.6 Å². The quantitative estimate of drug-likeness (QED) is 0.892. The fourth-order valence-electron chi connectivity index (χ4n) is 3.13. The molecule has 102 valence electrons. The Labute approximate surface area is 116 Å². The molecule has 0 spiro atoms. The Morgan fingerprint density at radius 1 is 1.53 bits per heavy atom. The van der Waals surface area contributed by atoms with E-state index in [4.69, 9.17) is 16.7 Å². The Balaban J connectivity index is 1.82. The van der Waals surface area contributed by atoms with E-state index in [2.05, 4.69) is 21.8 Å². The van der Waals surface area contributed by atoms with Crippen molar-refractivity contribution in [3.63, 3.8) is 0 Å². The fraction of sp³-hybridized carbons (Fsp3) is 0.538. The topological polar surface area (TPSA) is 56.7 Å². The molecule has 5 nitrogen and oxygen atoms in total. The van der Waals surface area contributed by atoms with Gasteiger partial charge in [0, 0.05) is 25.3 Å². The normalized spacial score (nSPS) is 26.7. The van der Waals surface area contributed by atoms with Crippen LogP contribution in [0.15, 0.2) is 12.3 Å². The van der Waals surface area contributed by atoms with Gasteiger partial charge in [-0.1, -0.05) is 11.6 Å². The maximum atomic E-state index is 10.9. The Morgan fingerprint density at radius 3 is 2.95 bits per heavy atom. The molecule has 2 fully saturated rings. The maximum absolute atomic E-state index is 10.9. The lowest BCUT2D eigenvalue weighted by Crippen LogP contribution is -2.32. The SMILES string of the molecule is CN1CC[C@H]2CN(c3ncc(C(=O)O)cc3Cl)C[C@H]21. The number of pyridine rings is 1. The van der Waals surface area contributed by atoms with Crippen molar-refractivity contribution in [1.29, 1.82) is 0 Å². The van der Waals surface area contributed by atoms with Crippen molar-refractivity contribution < 1.29 is 9.90 Å². The number of anilines is 1. The second-order valence-corrected chi connectivity index (χ2v) is 5.74. The molecule has 0 aliphatic carbocycles. The molecule has 0 saturated carbocycles. The van der Waals surface area contributed by atoms with Crippen molar-refractivity contribution in [2.45, 2.75) is 12.5 Å². The van der Waals surface area contributed by atoms with Gasteiger partial charge in [-0.05, 0) is 32.0 Å². The van der Waals surface area contributed by atoms with Gasteiger partial charge in [0.2, 0.25) is 0 Å². The predicted octanol–water partition coefficient (Wildman–Crippen LogP) is 1.57. The molecule has 0 unspecified atom stereocenters. The highest BCUT2D eigenvalue weighted by molar-refractivity contribution is 6.33. The summed E-state index contributed by atoms with van der Waals surface area (Å²) in [6.07, 6.45) is 2.59. The van der Waals surface area contributed by atoms with Crippen LogP contribution < -0.4 is 4.90 Å². The van der Waals surface area contributed by atoms with Crippen molar-refractivity contribution in [2.75, 3.05) is 31.6 Å². The molecular formula is C13H16ClN3O2. The van der Waals surface area contributed by atoms with Crippen LogP contribution in [0, 0.1) is 5.92 Å². The summed E-state index contributed by atoms with van der Waals surface area (Å²) in [5, 5.41) is 9.33. The number of carboxylic acids is 1. The summed E-state index contributed by atoms with van der Waals surface area (Å²) in [5.74, 6) is 0.371. The van der Waals surface area contributed by atoms with Crippen LogP contribution in [0.4, 0.5) is 5.82 Å². The van der Waals surface area contributed by atoms with Gasteiger partial charge in [0.05, 0.1) is 10.6 Å². The van der Waals surface area contributed by atoms with Gasteiger partial charge in [-0.15, -0.1) is 0 Å². The first-order valence-corrected chi connectivity index (χ1v) is 6.78. The number of aromatic carboxylic acids is 1. The number of carboxylic acid groups (broad SMARTS) is 1. The summed E-state index contributed by atoms with van der Waals surface area (Å²) < 4.78 is 0. The molecule has 0 radical (unpaired) electrons. The van der Waals surface area contributed by atoms with E-state index in [-0.39, 0.29) is 5.56 Å². The van der Waals surface area contributed by atoms with Crippen molar-refractivity contribution >= 4 is 23.4 Å². The van der Waals surface area contributed by atoms with Crippen LogP contribution in [0.3, 0.4) is 0 Å². The molecule has 1 aromatic rings. The van der Waals surface area contributed by atoms with Gasteiger partial charge in [-0.25, -0.2) is 9.78 Å². The number of fused-ring (bicyclic) bond motifs is 1. The lowest BCUT2D eigenvalue weighted by Gasteiger charge is -2.22. The van der Waals surface area contributed by atoms with Gasteiger partial charge < -0.3 is 14.9 Å². The molecule has 2 saturated heterocycles. The average Bonchev–Trinajstić information content (AvgIpc) is 2.92. The maximum Gasteiger partial charge on any atom is 0.337 e. The monoisotopic (exact) mass is 281 g/mol. The zero-order valence-electron chi connectivity index (χ0n) is 10.7. The van der Waals surface area contributed by atoms with Crippen molar-refractivity contribution in [2.24, 2.45) is 5.92 Å². The first kappa shape index (κ1) is 12.7. The third kappa shape index (κ3) is 2.17. The van der Waals surface area contributed by atoms with Crippen LogP contribution in [0.5, 0.6) is 0 Å². The summed E-state index contributed by atoms with van der Waals surface area (Å²) in [6, 6.07) is 2.04. The Kier molecular flexibility index (Phi) is 3.11. The van der Waals surface area contributed by atoms with E-state index in [0.717, 1.165) is 19.6 Å². The molecule has 3 heterocycles. The molecule has 2 atom stereocenters. The van der Waals surface area contributed by atoms with Crippen LogP contribution in [0.2, 0.25) is 5.02 Å². The average molecular weight is 282 g/mol. The van der Waals surface area contributed by atoms with E-state index in [1.807, 2.05) is 0 Å². The Bertz CT molecular complexity index is 523. The summed E-state index contributed by atoms with van der Waals surface area (Å²) in [7, 11) is 2.15. The molecule has 6 heteroatoms. The van der Waals surface area contributed by atoms with Crippen molar-refractivity contribution in [1.82, 2.24) is 9.88 Å². The minimum absolute atomic E-state index is 0.130. The minimum atomic E-state index is -1.00. The van der Waals surface area contributed by atoms with E-state index < -0.39 is 5.97 Å². The zero-order chi connectivity index (χ0) is 13.6.